The Bertz CT molecular complexity index is 665. The summed E-state index contributed by atoms with van der Waals surface area (Å²) in [5.74, 6) is 0. The first-order valence-electron chi connectivity index (χ1n) is 5.59. The van der Waals surface area contributed by atoms with Gasteiger partial charge < -0.3 is 5.32 Å². The highest BCUT2D eigenvalue weighted by molar-refractivity contribution is 9.11. The molecule has 2 rings (SSSR count). The standard InChI is InChI=1S/C13H9Br2ClN2O2/c14-10-3-1-8(5-12(10)16)7-17-13-6-9(18(19)20)2-4-11(13)15/h1-6,17H,7H2. The molecular formula is C13H9Br2ClN2O2. The lowest BCUT2D eigenvalue weighted by molar-refractivity contribution is -0.384. The molecule has 1 N–H and O–H groups in total. The molecular weight excluding hydrogens is 411 g/mol. The van der Waals surface area contributed by atoms with Crippen molar-refractivity contribution in [1.29, 1.82) is 0 Å². The number of non-ortho nitro benzene ring substituents is 1. The molecule has 0 aromatic heterocycles. The Labute approximate surface area is 137 Å². The molecule has 0 saturated heterocycles. The fraction of sp³-hybridized carbons (Fsp3) is 0.0769. The summed E-state index contributed by atoms with van der Waals surface area (Å²) in [5, 5.41) is 14.5. The van der Waals surface area contributed by atoms with Crippen LogP contribution in [0, 0.1) is 10.1 Å². The van der Waals surface area contributed by atoms with Gasteiger partial charge in [-0.3, -0.25) is 10.1 Å². The van der Waals surface area contributed by atoms with E-state index in [0.717, 1.165) is 14.5 Å². The lowest BCUT2D eigenvalue weighted by atomic mass is 10.2. The zero-order chi connectivity index (χ0) is 14.7. The minimum Gasteiger partial charge on any atom is -0.380 e. The summed E-state index contributed by atoms with van der Waals surface area (Å²) in [5.41, 5.74) is 1.69. The topological polar surface area (TPSA) is 55.2 Å². The summed E-state index contributed by atoms with van der Waals surface area (Å²) in [7, 11) is 0. The fourth-order valence-electron chi connectivity index (χ4n) is 1.61. The number of anilines is 1. The first-order valence-corrected chi connectivity index (χ1v) is 7.55. The zero-order valence-electron chi connectivity index (χ0n) is 10.1. The first-order chi connectivity index (χ1) is 9.47. The number of nitro benzene ring substituents is 1. The maximum Gasteiger partial charge on any atom is 0.271 e. The van der Waals surface area contributed by atoms with Gasteiger partial charge >= 0.3 is 0 Å². The van der Waals surface area contributed by atoms with Crippen LogP contribution in [-0.4, -0.2) is 4.92 Å². The number of nitrogens with one attached hydrogen (secondary N) is 1. The van der Waals surface area contributed by atoms with Crippen molar-refractivity contribution in [3.63, 3.8) is 0 Å². The van der Waals surface area contributed by atoms with Gasteiger partial charge in [-0.25, -0.2) is 0 Å². The summed E-state index contributed by atoms with van der Waals surface area (Å²) < 4.78 is 1.60. The Morgan fingerprint density at radius 1 is 1.15 bits per heavy atom. The minimum atomic E-state index is -0.423. The lowest BCUT2D eigenvalue weighted by Crippen LogP contribution is -2.01. The van der Waals surface area contributed by atoms with E-state index in [1.807, 2.05) is 18.2 Å². The van der Waals surface area contributed by atoms with Crippen molar-refractivity contribution in [2.24, 2.45) is 0 Å². The molecule has 0 amide bonds. The van der Waals surface area contributed by atoms with Gasteiger partial charge in [-0.05, 0) is 55.6 Å². The average molecular weight is 420 g/mol. The highest BCUT2D eigenvalue weighted by atomic mass is 79.9. The van der Waals surface area contributed by atoms with Gasteiger partial charge in [0.05, 0.1) is 15.6 Å². The molecule has 0 fully saturated rings. The van der Waals surface area contributed by atoms with Gasteiger partial charge in [-0.1, -0.05) is 17.7 Å². The van der Waals surface area contributed by atoms with E-state index in [4.69, 9.17) is 11.6 Å². The molecule has 0 aliphatic carbocycles. The van der Waals surface area contributed by atoms with Gasteiger partial charge in [0.2, 0.25) is 0 Å². The lowest BCUT2D eigenvalue weighted by Gasteiger charge is -2.09. The second kappa shape index (κ2) is 6.56. The Hall–Kier alpha value is -1.11. The molecule has 0 bridgehead atoms. The highest BCUT2D eigenvalue weighted by Gasteiger charge is 2.09. The van der Waals surface area contributed by atoms with Crippen LogP contribution in [0.2, 0.25) is 5.02 Å². The van der Waals surface area contributed by atoms with Gasteiger partial charge in [0, 0.05) is 27.6 Å². The predicted molar refractivity (Wildman–Crippen MR) is 87.3 cm³/mol. The molecule has 0 heterocycles. The van der Waals surface area contributed by atoms with E-state index in [-0.39, 0.29) is 5.69 Å². The smallest absolute Gasteiger partial charge is 0.271 e. The second-order valence-corrected chi connectivity index (χ2v) is 6.14. The van der Waals surface area contributed by atoms with E-state index in [9.17, 15) is 10.1 Å². The minimum absolute atomic E-state index is 0.0459. The molecule has 7 heteroatoms. The normalized spacial score (nSPS) is 10.3. The molecule has 104 valence electrons. The maximum atomic E-state index is 10.8. The van der Waals surface area contributed by atoms with Crippen LogP contribution in [0.4, 0.5) is 11.4 Å². The van der Waals surface area contributed by atoms with E-state index in [2.05, 4.69) is 37.2 Å². The summed E-state index contributed by atoms with van der Waals surface area (Å²) in [4.78, 5) is 10.3. The predicted octanol–water partition coefficient (Wildman–Crippen LogP) is 5.39. The third-order valence-corrected chi connectivity index (χ3v) is 4.55. The molecule has 0 saturated carbocycles. The number of hydrogen-bond donors (Lipinski definition) is 1. The third-order valence-electron chi connectivity index (χ3n) is 2.63. The molecule has 0 aliphatic heterocycles. The monoisotopic (exact) mass is 418 g/mol. The van der Waals surface area contributed by atoms with E-state index in [0.29, 0.717) is 17.3 Å². The van der Waals surface area contributed by atoms with Crippen LogP contribution in [0.1, 0.15) is 5.56 Å². The van der Waals surface area contributed by atoms with Crippen LogP contribution in [0.15, 0.2) is 45.3 Å². The van der Waals surface area contributed by atoms with Crippen molar-refractivity contribution in [3.05, 3.63) is 66.0 Å². The Balaban J connectivity index is 2.15. The van der Waals surface area contributed by atoms with Crippen molar-refractivity contribution >= 4 is 54.8 Å². The zero-order valence-corrected chi connectivity index (χ0v) is 14.0. The number of nitro groups is 1. The number of nitrogens with zero attached hydrogens (tertiary/aromatic N) is 1. The first kappa shape index (κ1) is 15.3. The number of rotatable bonds is 4. The Morgan fingerprint density at radius 2 is 1.85 bits per heavy atom. The SMILES string of the molecule is O=[N+]([O-])c1ccc(Br)c(NCc2ccc(Br)c(Cl)c2)c1. The molecule has 20 heavy (non-hydrogen) atoms. The largest absolute Gasteiger partial charge is 0.380 e. The summed E-state index contributed by atoms with van der Waals surface area (Å²) in [6, 6.07) is 10.2. The number of hydrogen-bond acceptors (Lipinski definition) is 3. The molecule has 0 unspecified atom stereocenters. The van der Waals surface area contributed by atoms with Gasteiger partial charge in [0.15, 0.2) is 0 Å². The van der Waals surface area contributed by atoms with Gasteiger partial charge in [-0.15, -0.1) is 0 Å². The maximum absolute atomic E-state index is 10.8. The molecule has 0 radical (unpaired) electrons. The average Bonchev–Trinajstić information content (AvgIpc) is 2.41. The number of halogens is 3. The van der Waals surface area contributed by atoms with Crippen LogP contribution in [-0.2, 0) is 6.54 Å². The van der Waals surface area contributed by atoms with Crippen molar-refractivity contribution in [1.82, 2.24) is 0 Å². The van der Waals surface area contributed by atoms with Crippen LogP contribution < -0.4 is 5.32 Å². The molecule has 0 aliphatic rings. The molecule has 0 spiro atoms. The van der Waals surface area contributed by atoms with Crippen molar-refractivity contribution in [2.75, 3.05) is 5.32 Å². The van der Waals surface area contributed by atoms with E-state index in [1.54, 1.807) is 6.07 Å². The van der Waals surface area contributed by atoms with E-state index in [1.165, 1.54) is 12.1 Å². The van der Waals surface area contributed by atoms with Crippen molar-refractivity contribution in [2.45, 2.75) is 6.54 Å². The Morgan fingerprint density at radius 3 is 2.50 bits per heavy atom. The van der Waals surface area contributed by atoms with Crippen molar-refractivity contribution < 1.29 is 4.92 Å². The van der Waals surface area contributed by atoms with Crippen molar-refractivity contribution in [3.8, 4) is 0 Å². The van der Waals surface area contributed by atoms with Crippen LogP contribution in [0.25, 0.3) is 0 Å². The summed E-state index contributed by atoms with van der Waals surface area (Å²) >= 11 is 12.7. The molecule has 2 aromatic rings. The van der Waals surface area contributed by atoms with Gasteiger partial charge in [0.25, 0.3) is 5.69 Å². The quantitative estimate of drug-likeness (QED) is 0.533. The van der Waals surface area contributed by atoms with Gasteiger partial charge in [-0.2, -0.15) is 0 Å². The summed E-state index contributed by atoms with van der Waals surface area (Å²) in [6.07, 6.45) is 0. The molecule has 2 aromatic carbocycles. The van der Waals surface area contributed by atoms with Gasteiger partial charge in [0.1, 0.15) is 0 Å². The van der Waals surface area contributed by atoms with Crippen LogP contribution in [0.5, 0.6) is 0 Å². The highest BCUT2D eigenvalue weighted by Crippen LogP contribution is 2.28. The fourth-order valence-corrected chi connectivity index (χ4v) is 2.45. The van der Waals surface area contributed by atoms with E-state index < -0.39 is 4.92 Å². The van der Waals surface area contributed by atoms with Crippen LogP contribution >= 0.6 is 43.5 Å². The van der Waals surface area contributed by atoms with E-state index >= 15 is 0 Å². The Kier molecular flexibility index (Phi) is 5.01. The second-order valence-electron chi connectivity index (χ2n) is 4.02. The third kappa shape index (κ3) is 3.71. The number of benzene rings is 2. The van der Waals surface area contributed by atoms with Crippen LogP contribution in [0.3, 0.4) is 0 Å². The molecule has 0 atom stereocenters. The molecule has 4 nitrogen and oxygen atoms in total. The summed E-state index contributed by atoms with van der Waals surface area (Å²) in [6.45, 7) is 0.521.